The number of fused-ring (bicyclic) bond motifs is 2. The van der Waals surface area contributed by atoms with E-state index in [1.54, 1.807) is 24.3 Å². The van der Waals surface area contributed by atoms with Crippen molar-refractivity contribution in [2.24, 2.45) is 0 Å². The van der Waals surface area contributed by atoms with Crippen LogP contribution in [0.5, 0.6) is 0 Å². The zero-order chi connectivity index (χ0) is 16.9. The van der Waals surface area contributed by atoms with Crippen LogP contribution in [0.25, 0.3) is 20.4 Å². The smallest absolute Gasteiger partial charge is 0.190 e. The van der Waals surface area contributed by atoms with Gasteiger partial charge in [-0.1, -0.05) is 34.3 Å². The molecule has 2 aromatic carbocycles. The van der Waals surface area contributed by atoms with Gasteiger partial charge >= 0.3 is 0 Å². The predicted octanol–water partition coefficient (Wildman–Crippen LogP) is 4.71. The van der Waals surface area contributed by atoms with Gasteiger partial charge < -0.3 is 5.32 Å². The normalized spacial score (nSPS) is 12.1. The first kappa shape index (κ1) is 15.8. The first-order chi connectivity index (χ1) is 11.4. The highest BCUT2D eigenvalue weighted by molar-refractivity contribution is 7.90. The van der Waals surface area contributed by atoms with Crippen molar-refractivity contribution in [3.05, 3.63) is 41.4 Å². The number of sulfone groups is 1. The second kappa shape index (κ2) is 5.66. The summed E-state index contributed by atoms with van der Waals surface area (Å²) < 4.78 is 25.1. The Morgan fingerprint density at radius 1 is 0.958 bits per heavy atom. The van der Waals surface area contributed by atoms with Crippen LogP contribution in [0.2, 0.25) is 5.02 Å². The Kier molecular flexibility index (Phi) is 3.72. The van der Waals surface area contributed by atoms with Crippen LogP contribution in [-0.4, -0.2) is 24.6 Å². The summed E-state index contributed by atoms with van der Waals surface area (Å²) in [5, 5.41) is 5.24. The van der Waals surface area contributed by atoms with Gasteiger partial charge in [-0.3, -0.25) is 0 Å². The molecule has 0 aliphatic heterocycles. The van der Waals surface area contributed by atoms with Crippen molar-refractivity contribution >= 4 is 74.8 Å². The highest BCUT2D eigenvalue weighted by atomic mass is 35.5. The van der Waals surface area contributed by atoms with Crippen LogP contribution in [0.4, 0.5) is 10.3 Å². The lowest BCUT2D eigenvalue weighted by atomic mass is 10.3. The molecule has 0 unspecified atom stereocenters. The lowest BCUT2D eigenvalue weighted by molar-refractivity contribution is 0.602. The van der Waals surface area contributed by atoms with Crippen molar-refractivity contribution in [3.8, 4) is 0 Å². The van der Waals surface area contributed by atoms with Crippen LogP contribution in [0.3, 0.4) is 0 Å². The highest BCUT2D eigenvalue weighted by Crippen LogP contribution is 2.33. The number of halogens is 1. The minimum atomic E-state index is -3.23. The molecule has 9 heteroatoms. The van der Waals surface area contributed by atoms with E-state index in [0.717, 1.165) is 25.6 Å². The van der Waals surface area contributed by atoms with Gasteiger partial charge in [0, 0.05) is 11.3 Å². The first-order valence-electron chi connectivity index (χ1n) is 6.82. The summed E-state index contributed by atoms with van der Waals surface area (Å²) in [6.45, 7) is 0. The Morgan fingerprint density at radius 3 is 2.17 bits per heavy atom. The van der Waals surface area contributed by atoms with E-state index >= 15 is 0 Å². The number of rotatable bonds is 3. The summed E-state index contributed by atoms with van der Waals surface area (Å²) in [4.78, 5) is 9.26. The molecule has 0 amide bonds. The molecule has 0 atom stereocenters. The number of hydrogen-bond acceptors (Lipinski definition) is 7. The van der Waals surface area contributed by atoms with Crippen LogP contribution in [0.1, 0.15) is 0 Å². The highest BCUT2D eigenvalue weighted by Gasteiger charge is 2.12. The quantitative estimate of drug-likeness (QED) is 0.544. The van der Waals surface area contributed by atoms with Gasteiger partial charge in [0.25, 0.3) is 0 Å². The summed E-state index contributed by atoms with van der Waals surface area (Å²) in [7, 11) is -3.23. The molecule has 0 radical (unpaired) electrons. The van der Waals surface area contributed by atoms with E-state index in [1.165, 1.54) is 28.9 Å². The summed E-state index contributed by atoms with van der Waals surface area (Å²) in [6, 6.07) is 10.5. The van der Waals surface area contributed by atoms with Gasteiger partial charge in [0.05, 0.1) is 25.3 Å². The standard InChI is InChI=1S/C15H10ClN3O2S3/c1-24(20,21)9-3-5-11-13(7-9)23-15(18-11)19-14-17-10-4-2-8(16)6-12(10)22-14/h2-7H,1H3,(H,17,18,19). The third kappa shape index (κ3) is 2.98. The number of nitrogens with one attached hydrogen (secondary N) is 1. The fourth-order valence-corrected chi connectivity index (χ4v) is 5.06. The van der Waals surface area contributed by atoms with Crippen molar-refractivity contribution in [1.82, 2.24) is 9.97 Å². The van der Waals surface area contributed by atoms with Gasteiger partial charge in [0.2, 0.25) is 0 Å². The maximum absolute atomic E-state index is 11.7. The van der Waals surface area contributed by atoms with Crippen LogP contribution in [-0.2, 0) is 9.84 Å². The van der Waals surface area contributed by atoms with E-state index < -0.39 is 9.84 Å². The van der Waals surface area contributed by atoms with E-state index in [2.05, 4.69) is 15.3 Å². The van der Waals surface area contributed by atoms with Crippen molar-refractivity contribution < 1.29 is 8.42 Å². The van der Waals surface area contributed by atoms with E-state index in [1.807, 2.05) is 12.1 Å². The number of anilines is 2. The molecular formula is C15H10ClN3O2S3. The molecule has 5 nitrogen and oxygen atoms in total. The average molecular weight is 396 g/mol. The third-order valence-corrected chi connectivity index (χ3v) is 6.56. The first-order valence-corrected chi connectivity index (χ1v) is 10.7. The Morgan fingerprint density at radius 2 is 1.54 bits per heavy atom. The molecule has 0 saturated carbocycles. The van der Waals surface area contributed by atoms with Crippen molar-refractivity contribution in [2.75, 3.05) is 11.6 Å². The minimum Gasteiger partial charge on any atom is -0.307 e. The molecule has 0 spiro atoms. The molecule has 122 valence electrons. The number of aromatic nitrogens is 2. The zero-order valence-corrected chi connectivity index (χ0v) is 15.5. The maximum Gasteiger partial charge on any atom is 0.190 e. The Bertz CT molecular complexity index is 1180. The molecule has 0 saturated heterocycles. The number of hydrogen-bond donors (Lipinski definition) is 1. The van der Waals surface area contributed by atoms with E-state index in [-0.39, 0.29) is 0 Å². The number of benzene rings is 2. The van der Waals surface area contributed by atoms with Gasteiger partial charge in [-0.25, -0.2) is 18.4 Å². The SMILES string of the molecule is CS(=O)(=O)c1ccc2nc(Nc3nc4ccc(Cl)cc4s3)sc2c1. The van der Waals surface area contributed by atoms with Crippen LogP contribution in [0.15, 0.2) is 41.3 Å². The summed E-state index contributed by atoms with van der Waals surface area (Å²) >= 11 is 8.87. The lowest BCUT2D eigenvalue weighted by Crippen LogP contribution is -1.95. The van der Waals surface area contributed by atoms with Crippen molar-refractivity contribution in [1.29, 1.82) is 0 Å². The van der Waals surface area contributed by atoms with Gasteiger partial charge in [0.1, 0.15) is 0 Å². The molecule has 0 bridgehead atoms. The molecule has 4 aromatic rings. The van der Waals surface area contributed by atoms with E-state index in [0.29, 0.717) is 15.0 Å². The molecule has 0 aliphatic rings. The Labute approximate surface area is 150 Å². The molecule has 0 fully saturated rings. The molecule has 4 rings (SSSR count). The van der Waals surface area contributed by atoms with E-state index in [4.69, 9.17) is 11.6 Å². The molecular weight excluding hydrogens is 386 g/mol. The topological polar surface area (TPSA) is 72.0 Å². The van der Waals surface area contributed by atoms with Gasteiger partial charge in [0.15, 0.2) is 20.1 Å². The van der Waals surface area contributed by atoms with Crippen molar-refractivity contribution in [3.63, 3.8) is 0 Å². The summed E-state index contributed by atoms with van der Waals surface area (Å²) in [6.07, 6.45) is 1.20. The van der Waals surface area contributed by atoms with E-state index in [9.17, 15) is 8.42 Å². The van der Waals surface area contributed by atoms with Crippen LogP contribution >= 0.6 is 34.3 Å². The van der Waals surface area contributed by atoms with Gasteiger partial charge in [-0.05, 0) is 36.4 Å². The Balaban J connectivity index is 1.70. The minimum absolute atomic E-state index is 0.292. The predicted molar refractivity (Wildman–Crippen MR) is 101 cm³/mol. The fourth-order valence-electron chi connectivity index (χ4n) is 2.23. The van der Waals surface area contributed by atoms with Crippen LogP contribution in [0, 0.1) is 0 Å². The third-order valence-electron chi connectivity index (χ3n) is 3.35. The number of thiazole rings is 2. The summed E-state index contributed by atoms with van der Waals surface area (Å²) in [5.41, 5.74) is 1.62. The fraction of sp³-hybridized carbons (Fsp3) is 0.0667. The average Bonchev–Trinajstić information content (AvgIpc) is 3.07. The monoisotopic (exact) mass is 395 g/mol. The van der Waals surface area contributed by atoms with Gasteiger partial charge in [-0.15, -0.1) is 0 Å². The molecule has 2 heterocycles. The maximum atomic E-state index is 11.7. The van der Waals surface area contributed by atoms with Crippen LogP contribution < -0.4 is 5.32 Å². The second-order valence-corrected chi connectivity index (χ2v) is 9.69. The molecule has 1 N–H and O–H groups in total. The molecule has 24 heavy (non-hydrogen) atoms. The molecule has 0 aliphatic carbocycles. The zero-order valence-electron chi connectivity index (χ0n) is 12.3. The second-order valence-electron chi connectivity index (χ2n) is 5.18. The lowest BCUT2D eigenvalue weighted by Gasteiger charge is -1.96. The van der Waals surface area contributed by atoms with Gasteiger partial charge in [-0.2, -0.15) is 0 Å². The number of nitrogens with zero attached hydrogens (tertiary/aromatic N) is 2. The van der Waals surface area contributed by atoms with Crippen molar-refractivity contribution in [2.45, 2.75) is 4.90 Å². The summed E-state index contributed by atoms with van der Waals surface area (Å²) in [5.74, 6) is 0. The largest absolute Gasteiger partial charge is 0.307 e. The Hall–Kier alpha value is -1.74. The molecule has 2 aromatic heterocycles.